The maximum Gasteiger partial charge on any atom is 0.397 e. The largest absolute Gasteiger partial charge is 0.397 e. The number of amides is 1. The zero-order chi connectivity index (χ0) is 40.7. The molecule has 0 bridgehead atoms. The minimum absolute atomic E-state index is 0.240. The van der Waals surface area contributed by atoms with E-state index >= 15 is 0 Å². The summed E-state index contributed by atoms with van der Waals surface area (Å²) < 4.78 is 47.4. The van der Waals surface area contributed by atoms with Gasteiger partial charge >= 0.3 is 10.4 Å². The molecule has 8 atom stereocenters. The van der Waals surface area contributed by atoms with Gasteiger partial charge in [0.25, 0.3) is 0 Å². The molecular formula is C41H79NO12S. The molecule has 0 aliphatic carbocycles. The SMILES string of the molecule is CCCC/C=C\CCCCCC(O)C(=O)NC(COC1OC(CO)C(O)C(OS(=O)(=O)O)C1O)C(O)CCCCCCCCCCCCCCCCCCC. The van der Waals surface area contributed by atoms with Crippen LogP contribution < -0.4 is 5.32 Å². The third-order valence-corrected chi connectivity index (χ3v) is 10.9. The third-order valence-electron chi connectivity index (χ3n) is 10.4. The van der Waals surface area contributed by atoms with Gasteiger partial charge in [-0.15, -0.1) is 0 Å². The molecule has 326 valence electrons. The normalized spacial score (nSPS) is 22.2. The highest BCUT2D eigenvalue weighted by Gasteiger charge is 2.48. The molecule has 0 spiro atoms. The van der Waals surface area contributed by atoms with E-state index in [9.17, 15) is 38.7 Å². The van der Waals surface area contributed by atoms with Gasteiger partial charge in [0.2, 0.25) is 5.91 Å². The van der Waals surface area contributed by atoms with Crippen LogP contribution in [0, 0.1) is 0 Å². The number of carbonyl (C=O) groups excluding carboxylic acids is 1. The Bertz CT molecular complexity index is 1060. The van der Waals surface area contributed by atoms with Crippen molar-refractivity contribution < 1.29 is 57.0 Å². The van der Waals surface area contributed by atoms with Crippen LogP contribution in [0.15, 0.2) is 12.2 Å². The van der Waals surface area contributed by atoms with Crippen LogP contribution in [-0.4, -0.2) is 107 Å². The third kappa shape index (κ3) is 25.7. The maximum absolute atomic E-state index is 13.0. The lowest BCUT2D eigenvalue weighted by Gasteiger charge is -2.41. The van der Waals surface area contributed by atoms with Crippen molar-refractivity contribution in [2.75, 3.05) is 13.2 Å². The topological polar surface area (TPSA) is 212 Å². The van der Waals surface area contributed by atoms with E-state index in [0.717, 1.165) is 51.4 Å². The first-order valence-corrected chi connectivity index (χ1v) is 23.0. The highest BCUT2D eigenvalue weighted by Crippen LogP contribution is 2.26. The summed E-state index contributed by atoms with van der Waals surface area (Å²) >= 11 is 0. The van der Waals surface area contributed by atoms with Crippen LogP contribution in [0.1, 0.15) is 181 Å². The molecule has 0 aromatic heterocycles. The number of carbonyl (C=O) groups is 1. The molecule has 0 aromatic rings. The molecule has 1 saturated heterocycles. The Kier molecular flexibility index (Phi) is 30.8. The second-order valence-corrected chi connectivity index (χ2v) is 16.5. The Morgan fingerprint density at radius 3 is 1.69 bits per heavy atom. The lowest BCUT2D eigenvalue weighted by atomic mass is 9.99. The van der Waals surface area contributed by atoms with Crippen molar-refractivity contribution in [1.82, 2.24) is 5.32 Å². The summed E-state index contributed by atoms with van der Waals surface area (Å²) in [5.41, 5.74) is 0. The molecule has 0 saturated carbocycles. The van der Waals surface area contributed by atoms with Crippen LogP contribution in [0.4, 0.5) is 0 Å². The van der Waals surface area contributed by atoms with Crippen LogP contribution in [0.5, 0.6) is 0 Å². The van der Waals surface area contributed by atoms with E-state index in [1.807, 2.05) is 0 Å². The number of hydrogen-bond donors (Lipinski definition) is 7. The van der Waals surface area contributed by atoms with E-state index in [-0.39, 0.29) is 6.42 Å². The summed E-state index contributed by atoms with van der Waals surface area (Å²) in [5, 5.41) is 55.1. The maximum atomic E-state index is 13.0. The fourth-order valence-electron chi connectivity index (χ4n) is 6.92. The van der Waals surface area contributed by atoms with Crippen LogP contribution >= 0.6 is 0 Å². The second-order valence-electron chi connectivity index (χ2n) is 15.4. The zero-order valence-electron chi connectivity index (χ0n) is 34.1. The highest BCUT2D eigenvalue weighted by atomic mass is 32.3. The minimum atomic E-state index is -5.10. The van der Waals surface area contributed by atoms with Gasteiger partial charge in [0.05, 0.1) is 25.4 Å². The molecule has 1 amide bonds. The van der Waals surface area contributed by atoms with Gasteiger partial charge in [-0.3, -0.25) is 9.35 Å². The Morgan fingerprint density at radius 1 is 0.709 bits per heavy atom. The molecule has 7 N–H and O–H groups in total. The summed E-state index contributed by atoms with van der Waals surface area (Å²) in [6.07, 6.45) is 21.3. The second kappa shape index (κ2) is 32.7. The predicted molar refractivity (Wildman–Crippen MR) is 215 cm³/mol. The van der Waals surface area contributed by atoms with Crippen LogP contribution in [0.25, 0.3) is 0 Å². The number of ether oxygens (including phenoxy) is 2. The van der Waals surface area contributed by atoms with Crippen molar-refractivity contribution in [2.24, 2.45) is 0 Å². The Balaban J connectivity index is 2.58. The number of aliphatic hydroxyl groups excluding tert-OH is 5. The fraction of sp³-hybridized carbons (Fsp3) is 0.927. The quantitative estimate of drug-likeness (QED) is 0.0203. The van der Waals surface area contributed by atoms with Crippen molar-refractivity contribution >= 4 is 16.3 Å². The van der Waals surface area contributed by atoms with E-state index in [0.29, 0.717) is 19.3 Å². The average Bonchev–Trinajstić information content (AvgIpc) is 3.15. The van der Waals surface area contributed by atoms with Crippen LogP contribution in [0.2, 0.25) is 0 Å². The molecule has 8 unspecified atom stereocenters. The molecule has 1 rings (SSSR count). The number of nitrogens with one attached hydrogen (secondary N) is 1. The van der Waals surface area contributed by atoms with Gasteiger partial charge in [-0.2, -0.15) is 8.42 Å². The number of rotatable bonds is 36. The van der Waals surface area contributed by atoms with Gasteiger partial charge in [-0.25, -0.2) is 4.18 Å². The summed E-state index contributed by atoms with van der Waals surface area (Å²) in [7, 11) is -5.10. The molecule has 1 aliphatic rings. The highest BCUT2D eigenvalue weighted by molar-refractivity contribution is 7.80. The number of allylic oxidation sites excluding steroid dienone is 2. The minimum Gasteiger partial charge on any atom is -0.394 e. The van der Waals surface area contributed by atoms with Crippen molar-refractivity contribution in [3.63, 3.8) is 0 Å². The molecular weight excluding hydrogens is 731 g/mol. The first-order chi connectivity index (χ1) is 26.4. The Morgan fingerprint density at radius 2 is 1.18 bits per heavy atom. The smallest absolute Gasteiger partial charge is 0.394 e. The predicted octanol–water partition coefficient (Wildman–Crippen LogP) is 6.58. The number of aliphatic hydroxyl groups is 5. The zero-order valence-corrected chi connectivity index (χ0v) is 34.9. The Hall–Kier alpha value is -1.20. The van der Waals surface area contributed by atoms with Crippen LogP contribution in [0.3, 0.4) is 0 Å². The van der Waals surface area contributed by atoms with Gasteiger partial charge in [0.1, 0.15) is 30.5 Å². The van der Waals surface area contributed by atoms with E-state index in [1.165, 1.54) is 89.9 Å². The van der Waals surface area contributed by atoms with Gasteiger partial charge in [0.15, 0.2) is 6.29 Å². The standard InChI is InChI=1S/C41H79NO12S/c1-3-5-7-9-11-13-14-15-16-17-18-19-20-22-23-25-27-29-34(44)33(42-40(48)35(45)30-28-26-24-21-12-10-8-6-4-2)32-52-41-38(47)39(54-55(49,50)51)37(46)36(31-43)53-41/h10,12,33-39,41,43-47H,3-9,11,13-32H2,1-2H3,(H,42,48)(H,49,50,51)/b12-10-. The monoisotopic (exact) mass is 810 g/mol. The fourth-order valence-corrected chi connectivity index (χ4v) is 7.42. The molecule has 55 heavy (non-hydrogen) atoms. The van der Waals surface area contributed by atoms with Crippen LogP contribution in [-0.2, 0) is 28.9 Å². The van der Waals surface area contributed by atoms with Gasteiger partial charge in [0, 0.05) is 0 Å². The molecule has 14 heteroatoms. The summed E-state index contributed by atoms with van der Waals surface area (Å²) in [6, 6.07) is -1.03. The van der Waals surface area contributed by atoms with Gasteiger partial charge < -0.3 is 40.3 Å². The van der Waals surface area contributed by atoms with E-state index in [4.69, 9.17) is 14.0 Å². The van der Waals surface area contributed by atoms with E-state index < -0.39 is 78.5 Å². The van der Waals surface area contributed by atoms with Crippen molar-refractivity contribution in [2.45, 2.75) is 230 Å². The number of hydrogen-bond acceptors (Lipinski definition) is 11. The van der Waals surface area contributed by atoms with Gasteiger partial charge in [-0.05, 0) is 32.1 Å². The summed E-state index contributed by atoms with van der Waals surface area (Å²) in [5.74, 6) is -0.684. The lowest BCUT2D eigenvalue weighted by Crippen LogP contribution is -2.61. The molecule has 1 heterocycles. The molecule has 0 radical (unpaired) electrons. The van der Waals surface area contributed by atoms with Crippen molar-refractivity contribution in [3.05, 3.63) is 12.2 Å². The van der Waals surface area contributed by atoms with Gasteiger partial charge in [-0.1, -0.05) is 161 Å². The lowest BCUT2D eigenvalue weighted by molar-refractivity contribution is -0.298. The van der Waals surface area contributed by atoms with E-state index in [1.54, 1.807) is 0 Å². The molecule has 13 nitrogen and oxygen atoms in total. The summed E-state index contributed by atoms with van der Waals surface area (Å²) in [4.78, 5) is 13.0. The molecule has 1 fully saturated rings. The van der Waals surface area contributed by atoms with Crippen molar-refractivity contribution in [1.29, 1.82) is 0 Å². The molecule has 0 aromatic carbocycles. The average molecular weight is 810 g/mol. The first kappa shape index (κ1) is 51.8. The number of unbranched alkanes of at least 4 members (excludes halogenated alkanes) is 21. The van der Waals surface area contributed by atoms with E-state index in [2.05, 4.69) is 35.5 Å². The Labute approximate surface area is 333 Å². The summed E-state index contributed by atoms with van der Waals surface area (Å²) in [6.45, 7) is 3.20. The first-order valence-electron chi connectivity index (χ1n) is 21.7. The van der Waals surface area contributed by atoms with Crippen molar-refractivity contribution in [3.8, 4) is 0 Å². The molecule has 1 aliphatic heterocycles.